The Bertz CT molecular complexity index is 1420. The molecule has 1 saturated heterocycles. The Morgan fingerprint density at radius 1 is 0.780 bits per heavy atom. The Hall–Kier alpha value is -3.25. The van der Waals surface area contributed by atoms with Gasteiger partial charge in [-0.1, -0.05) is 116 Å². The summed E-state index contributed by atoms with van der Waals surface area (Å²) in [5.41, 5.74) is 5.22. The van der Waals surface area contributed by atoms with Crippen LogP contribution in [0.4, 0.5) is 5.69 Å². The second-order valence-corrected chi connectivity index (χ2v) is 12.8. The number of hydrogen-bond acceptors (Lipinski definition) is 4. The fourth-order valence-corrected chi connectivity index (χ4v) is 8.37. The van der Waals surface area contributed by atoms with Gasteiger partial charge in [0.1, 0.15) is 0 Å². The van der Waals surface area contributed by atoms with Crippen molar-refractivity contribution in [3.63, 3.8) is 0 Å². The number of amides is 2. The number of carbonyl (C=O) groups is 3. The first-order valence-corrected chi connectivity index (χ1v) is 15.8. The summed E-state index contributed by atoms with van der Waals surface area (Å²) in [4.78, 5) is 42.0. The van der Waals surface area contributed by atoms with Gasteiger partial charge in [-0.15, -0.1) is 0 Å². The van der Waals surface area contributed by atoms with Crippen LogP contribution in [0.3, 0.4) is 0 Å². The molecule has 3 aliphatic carbocycles. The van der Waals surface area contributed by atoms with Crippen LogP contribution in [0.25, 0.3) is 0 Å². The van der Waals surface area contributed by atoms with Crippen molar-refractivity contribution in [3.8, 4) is 0 Å². The molecule has 3 aromatic rings. The van der Waals surface area contributed by atoms with Gasteiger partial charge < -0.3 is 4.74 Å². The zero-order valence-corrected chi connectivity index (χ0v) is 25.1. The van der Waals surface area contributed by atoms with E-state index in [1.165, 1.54) is 43.4 Å². The van der Waals surface area contributed by atoms with Crippen molar-refractivity contribution in [2.45, 2.75) is 68.5 Å². The molecule has 0 N–H and O–H groups in total. The zero-order valence-electron chi connectivity index (χ0n) is 23.5. The van der Waals surface area contributed by atoms with E-state index in [-0.39, 0.29) is 23.7 Å². The van der Waals surface area contributed by atoms with Crippen molar-refractivity contribution in [2.24, 2.45) is 11.8 Å². The smallest absolute Gasteiger partial charge is 0.338 e. The number of halogens is 1. The summed E-state index contributed by atoms with van der Waals surface area (Å²) in [7, 11) is 0. The summed E-state index contributed by atoms with van der Waals surface area (Å²) in [5.74, 6) is -2.02. The summed E-state index contributed by atoms with van der Waals surface area (Å²) in [6.07, 6.45) is 9.46. The molecule has 2 bridgehead atoms. The highest BCUT2D eigenvalue weighted by Gasteiger charge is 2.67. The van der Waals surface area contributed by atoms with Crippen molar-refractivity contribution < 1.29 is 19.1 Å². The molecule has 7 rings (SSSR count). The molecule has 1 aliphatic heterocycles. The van der Waals surface area contributed by atoms with E-state index in [1.54, 1.807) is 24.3 Å². The van der Waals surface area contributed by atoms with Crippen molar-refractivity contribution in [1.29, 1.82) is 0 Å². The standard InChI is InChI=1S/C35H36BrNO4/c1-2-3-4-5-6-7-8-13-22-41-34(40)23-18-20-24(21-19-23)37-32(38)30-29-25-14-9-11-16-27(25)35(36,31(30)33(37)39)28-17-12-10-15-26(28)29/h9-12,14-21,29-31H,2-8,13,22H2,1H3. The number of hydrogen-bond donors (Lipinski definition) is 0. The molecule has 5 nitrogen and oxygen atoms in total. The van der Waals surface area contributed by atoms with Crippen molar-refractivity contribution in [1.82, 2.24) is 0 Å². The SMILES string of the molecule is CCCCCCCCCCOC(=O)c1ccc(N2C(=O)C3C4c5ccccc5C(Br)(c5ccccc54)C3C2=O)cc1. The van der Waals surface area contributed by atoms with Crippen molar-refractivity contribution >= 4 is 39.4 Å². The number of alkyl halides is 1. The number of imide groups is 1. The zero-order chi connectivity index (χ0) is 28.6. The lowest BCUT2D eigenvalue weighted by molar-refractivity contribution is -0.122. The lowest BCUT2D eigenvalue weighted by Crippen LogP contribution is -2.50. The van der Waals surface area contributed by atoms with Crippen molar-refractivity contribution in [3.05, 3.63) is 101 Å². The monoisotopic (exact) mass is 613 g/mol. The molecule has 0 spiro atoms. The summed E-state index contributed by atoms with van der Waals surface area (Å²) in [5, 5.41) is 0. The molecule has 0 saturated carbocycles. The lowest BCUT2D eigenvalue weighted by atomic mass is 9.55. The number of benzene rings is 3. The van der Waals surface area contributed by atoms with Gasteiger partial charge in [0.15, 0.2) is 0 Å². The summed E-state index contributed by atoms with van der Waals surface area (Å²) in [6.45, 7) is 2.62. The van der Waals surface area contributed by atoms with E-state index in [9.17, 15) is 14.4 Å². The van der Waals surface area contributed by atoms with Crippen LogP contribution in [0.15, 0.2) is 72.8 Å². The molecular formula is C35H36BrNO4. The number of esters is 1. The fourth-order valence-electron chi connectivity index (χ4n) is 7.16. The molecule has 0 aromatic heterocycles. The molecule has 4 aliphatic rings. The molecule has 3 aromatic carbocycles. The Labute approximate surface area is 250 Å². The molecule has 2 unspecified atom stereocenters. The number of nitrogens with zero attached hydrogens (tertiary/aromatic N) is 1. The number of carbonyl (C=O) groups excluding carboxylic acids is 3. The number of anilines is 1. The van der Waals surface area contributed by atoms with E-state index in [0.29, 0.717) is 17.9 Å². The topological polar surface area (TPSA) is 63.7 Å². The maximum atomic E-state index is 14.1. The third-order valence-electron chi connectivity index (χ3n) is 9.11. The first-order valence-electron chi connectivity index (χ1n) is 15.0. The predicted molar refractivity (Wildman–Crippen MR) is 163 cm³/mol. The molecule has 1 heterocycles. The third kappa shape index (κ3) is 4.64. The van der Waals surface area contributed by atoms with E-state index < -0.39 is 16.2 Å². The van der Waals surface area contributed by atoms with E-state index >= 15 is 0 Å². The molecule has 1 fully saturated rings. The quantitative estimate of drug-likeness (QED) is 0.0954. The van der Waals surface area contributed by atoms with Gasteiger partial charge in [0.05, 0.1) is 34.0 Å². The first kappa shape index (κ1) is 27.9. The van der Waals surface area contributed by atoms with Crippen LogP contribution in [-0.4, -0.2) is 24.4 Å². The largest absolute Gasteiger partial charge is 0.462 e. The number of rotatable bonds is 11. The second kappa shape index (κ2) is 11.6. The van der Waals surface area contributed by atoms with E-state index in [4.69, 9.17) is 4.74 Å². The Kier molecular flexibility index (Phi) is 7.86. The number of unbranched alkanes of at least 4 members (excludes halogenated alkanes) is 7. The van der Waals surface area contributed by atoms with Gasteiger partial charge in [-0.3, -0.25) is 9.59 Å². The Morgan fingerprint density at radius 3 is 1.95 bits per heavy atom. The molecule has 0 radical (unpaired) electrons. The summed E-state index contributed by atoms with van der Waals surface area (Å²) in [6, 6.07) is 22.9. The van der Waals surface area contributed by atoms with E-state index in [1.807, 2.05) is 24.3 Å². The molecule has 6 heteroatoms. The third-order valence-corrected chi connectivity index (χ3v) is 10.5. The number of ether oxygens (including phenoxy) is 1. The second-order valence-electron chi connectivity index (χ2n) is 11.5. The maximum Gasteiger partial charge on any atom is 0.338 e. The molecule has 2 atom stereocenters. The maximum absolute atomic E-state index is 14.1. The average molecular weight is 615 g/mol. The van der Waals surface area contributed by atoms with Crippen LogP contribution in [0.1, 0.15) is 96.8 Å². The van der Waals surface area contributed by atoms with Crippen LogP contribution >= 0.6 is 15.9 Å². The Balaban J connectivity index is 1.15. The molecule has 2 amide bonds. The summed E-state index contributed by atoms with van der Waals surface area (Å²) < 4.78 is 4.71. The minimum atomic E-state index is -0.777. The molecule has 212 valence electrons. The predicted octanol–water partition coefficient (Wildman–Crippen LogP) is 7.89. The van der Waals surface area contributed by atoms with E-state index in [2.05, 4.69) is 47.1 Å². The van der Waals surface area contributed by atoms with Gasteiger partial charge in [0.25, 0.3) is 0 Å². The van der Waals surface area contributed by atoms with E-state index in [0.717, 1.165) is 35.1 Å². The summed E-state index contributed by atoms with van der Waals surface area (Å²) >= 11 is 4.03. The van der Waals surface area contributed by atoms with Crippen LogP contribution in [0.2, 0.25) is 0 Å². The van der Waals surface area contributed by atoms with Gasteiger partial charge in [-0.05, 0) is 52.9 Å². The fraction of sp³-hybridized carbons (Fsp3) is 0.400. The highest BCUT2D eigenvalue weighted by molar-refractivity contribution is 9.09. The first-order chi connectivity index (χ1) is 20.0. The highest BCUT2D eigenvalue weighted by Crippen LogP contribution is 2.66. The molecular weight excluding hydrogens is 578 g/mol. The molecule has 41 heavy (non-hydrogen) atoms. The minimum absolute atomic E-state index is 0.182. The van der Waals surface area contributed by atoms with Crippen molar-refractivity contribution in [2.75, 3.05) is 11.5 Å². The van der Waals surface area contributed by atoms with Crippen LogP contribution < -0.4 is 4.90 Å². The van der Waals surface area contributed by atoms with Gasteiger partial charge in [0, 0.05) is 5.92 Å². The van der Waals surface area contributed by atoms with Crippen LogP contribution in [0.5, 0.6) is 0 Å². The highest BCUT2D eigenvalue weighted by atomic mass is 79.9. The van der Waals surface area contributed by atoms with Crippen LogP contribution in [0, 0.1) is 11.8 Å². The van der Waals surface area contributed by atoms with Gasteiger partial charge in [-0.2, -0.15) is 0 Å². The minimum Gasteiger partial charge on any atom is -0.462 e. The Morgan fingerprint density at radius 2 is 1.34 bits per heavy atom. The normalized spacial score (nSPS) is 23.8. The van der Waals surface area contributed by atoms with Gasteiger partial charge in [0.2, 0.25) is 11.8 Å². The van der Waals surface area contributed by atoms with Gasteiger partial charge in [-0.25, -0.2) is 9.69 Å². The van der Waals surface area contributed by atoms with Gasteiger partial charge >= 0.3 is 5.97 Å². The van der Waals surface area contributed by atoms with Crippen LogP contribution in [-0.2, 0) is 18.7 Å². The average Bonchev–Trinajstić information content (AvgIpc) is 3.27. The lowest BCUT2D eigenvalue weighted by Gasteiger charge is -2.51.